The van der Waals surface area contributed by atoms with Crippen molar-refractivity contribution in [3.8, 4) is 17.4 Å². The number of nitro groups is 1. The molecule has 8 heteroatoms. The van der Waals surface area contributed by atoms with E-state index in [0.717, 1.165) is 10.0 Å². The van der Waals surface area contributed by atoms with Gasteiger partial charge in [-0.2, -0.15) is 5.26 Å². The smallest absolute Gasteiger partial charge is 0.292 e. The predicted molar refractivity (Wildman–Crippen MR) is 107 cm³/mol. The van der Waals surface area contributed by atoms with Crippen molar-refractivity contribution in [2.24, 2.45) is 0 Å². The van der Waals surface area contributed by atoms with Crippen LogP contribution in [0.1, 0.15) is 5.76 Å². The Labute approximate surface area is 168 Å². The van der Waals surface area contributed by atoms with Crippen molar-refractivity contribution in [3.05, 3.63) is 86.6 Å². The van der Waals surface area contributed by atoms with E-state index >= 15 is 0 Å². The van der Waals surface area contributed by atoms with Crippen molar-refractivity contribution in [2.75, 3.05) is 5.32 Å². The van der Waals surface area contributed by atoms with Gasteiger partial charge in [0.1, 0.15) is 28.9 Å². The van der Waals surface area contributed by atoms with Crippen LogP contribution in [0.25, 0.3) is 17.4 Å². The summed E-state index contributed by atoms with van der Waals surface area (Å²) in [6.45, 7) is 0. The number of para-hydroxylation sites is 2. The summed E-state index contributed by atoms with van der Waals surface area (Å²) < 4.78 is 6.61. The van der Waals surface area contributed by atoms with Crippen molar-refractivity contribution >= 4 is 39.3 Å². The summed E-state index contributed by atoms with van der Waals surface area (Å²) in [4.78, 5) is 22.8. The van der Waals surface area contributed by atoms with Crippen LogP contribution in [0.4, 0.5) is 11.4 Å². The first kappa shape index (κ1) is 19.1. The van der Waals surface area contributed by atoms with Gasteiger partial charge in [-0.25, -0.2) is 0 Å². The van der Waals surface area contributed by atoms with Gasteiger partial charge in [0.25, 0.3) is 11.6 Å². The lowest BCUT2D eigenvalue weighted by atomic mass is 10.2. The van der Waals surface area contributed by atoms with Gasteiger partial charge in [-0.05, 0) is 30.3 Å². The van der Waals surface area contributed by atoms with Gasteiger partial charge >= 0.3 is 0 Å². The van der Waals surface area contributed by atoms with E-state index in [-0.39, 0.29) is 16.9 Å². The molecular formula is C20H12BrN3O4. The maximum Gasteiger partial charge on any atom is 0.292 e. The number of carbonyl (C=O) groups is 1. The van der Waals surface area contributed by atoms with Crippen LogP contribution < -0.4 is 5.32 Å². The largest absolute Gasteiger partial charge is 0.457 e. The Bertz CT molecular complexity index is 1110. The highest BCUT2D eigenvalue weighted by Gasteiger charge is 2.17. The van der Waals surface area contributed by atoms with Gasteiger partial charge in [-0.1, -0.05) is 40.2 Å². The topological polar surface area (TPSA) is 109 Å². The molecule has 1 N–H and O–H groups in total. The van der Waals surface area contributed by atoms with Crippen LogP contribution in [0, 0.1) is 21.4 Å². The van der Waals surface area contributed by atoms with Gasteiger partial charge in [0.05, 0.1) is 4.92 Å². The molecule has 0 unspecified atom stereocenters. The first-order chi connectivity index (χ1) is 13.5. The van der Waals surface area contributed by atoms with Gasteiger partial charge in [-0.3, -0.25) is 14.9 Å². The van der Waals surface area contributed by atoms with E-state index in [0.29, 0.717) is 11.5 Å². The van der Waals surface area contributed by atoms with Crippen LogP contribution >= 0.6 is 15.9 Å². The maximum atomic E-state index is 12.4. The monoisotopic (exact) mass is 437 g/mol. The van der Waals surface area contributed by atoms with Crippen molar-refractivity contribution in [1.29, 1.82) is 5.26 Å². The van der Waals surface area contributed by atoms with E-state index in [1.54, 1.807) is 24.3 Å². The second-order valence-corrected chi connectivity index (χ2v) is 6.52. The fourth-order valence-corrected chi connectivity index (χ4v) is 2.68. The lowest BCUT2D eigenvalue weighted by Crippen LogP contribution is -2.14. The molecule has 0 atom stereocenters. The van der Waals surface area contributed by atoms with Crippen LogP contribution in [0.2, 0.25) is 0 Å². The van der Waals surface area contributed by atoms with E-state index in [9.17, 15) is 20.2 Å². The van der Waals surface area contributed by atoms with Gasteiger partial charge in [0.15, 0.2) is 0 Å². The van der Waals surface area contributed by atoms with Gasteiger partial charge < -0.3 is 9.73 Å². The van der Waals surface area contributed by atoms with Crippen LogP contribution in [0.3, 0.4) is 0 Å². The number of nitro benzene ring substituents is 1. The zero-order valence-corrected chi connectivity index (χ0v) is 15.8. The number of nitrogens with zero attached hydrogens (tertiary/aromatic N) is 2. The van der Waals surface area contributed by atoms with Crippen LogP contribution in [0.15, 0.2) is 75.1 Å². The molecule has 0 aliphatic carbocycles. The highest BCUT2D eigenvalue weighted by molar-refractivity contribution is 9.10. The van der Waals surface area contributed by atoms with Crippen LogP contribution in [-0.2, 0) is 4.79 Å². The van der Waals surface area contributed by atoms with Gasteiger partial charge in [-0.15, -0.1) is 0 Å². The average molecular weight is 438 g/mol. The minimum Gasteiger partial charge on any atom is -0.457 e. The molecule has 3 rings (SSSR count). The molecule has 1 aromatic heterocycles. The molecule has 0 fully saturated rings. The number of nitriles is 1. The fourth-order valence-electron chi connectivity index (χ4n) is 2.42. The second kappa shape index (κ2) is 8.33. The van der Waals surface area contributed by atoms with Crippen LogP contribution in [0.5, 0.6) is 0 Å². The maximum absolute atomic E-state index is 12.4. The molecule has 3 aromatic rings. The molecule has 0 saturated carbocycles. The first-order valence-corrected chi connectivity index (χ1v) is 8.79. The Morgan fingerprint density at radius 2 is 1.86 bits per heavy atom. The average Bonchev–Trinajstić information content (AvgIpc) is 3.15. The molecule has 138 valence electrons. The quantitative estimate of drug-likeness (QED) is 0.256. The number of nitrogens with one attached hydrogen (secondary N) is 1. The second-order valence-electron chi connectivity index (χ2n) is 5.61. The zero-order valence-electron chi connectivity index (χ0n) is 14.3. The highest BCUT2D eigenvalue weighted by Crippen LogP contribution is 2.26. The molecule has 7 nitrogen and oxygen atoms in total. The number of rotatable bonds is 5. The minimum absolute atomic E-state index is 0.00801. The Morgan fingerprint density at radius 1 is 1.14 bits per heavy atom. The number of halogens is 1. The normalized spacial score (nSPS) is 10.9. The predicted octanol–water partition coefficient (Wildman–Crippen LogP) is 5.16. The summed E-state index contributed by atoms with van der Waals surface area (Å²) in [7, 11) is 0. The molecule has 0 spiro atoms. The Balaban J connectivity index is 1.83. The molecule has 1 amide bonds. The Hall–Kier alpha value is -3.70. The number of hydrogen-bond acceptors (Lipinski definition) is 5. The van der Waals surface area contributed by atoms with Crippen molar-refractivity contribution in [2.45, 2.75) is 0 Å². The minimum atomic E-state index is -0.765. The Morgan fingerprint density at radius 3 is 2.54 bits per heavy atom. The molecule has 0 aliphatic rings. The zero-order chi connectivity index (χ0) is 20.1. The van der Waals surface area contributed by atoms with Gasteiger partial charge in [0.2, 0.25) is 0 Å². The van der Waals surface area contributed by atoms with Crippen LogP contribution in [-0.4, -0.2) is 10.8 Å². The number of furan rings is 1. The van der Waals surface area contributed by atoms with E-state index < -0.39 is 10.8 Å². The highest BCUT2D eigenvalue weighted by atomic mass is 79.9. The van der Waals surface area contributed by atoms with Crippen molar-refractivity contribution in [1.82, 2.24) is 0 Å². The molecule has 28 heavy (non-hydrogen) atoms. The molecule has 0 aliphatic heterocycles. The van der Waals surface area contributed by atoms with Crippen molar-refractivity contribution in [3.63, 3.8) is 0 Å². The lowest BCUT2D eigenvalue weighted by molar-refractivity contribution is -0.383. The number of hydrogen-bond donors (Lipinski definition) is 1. The molecule has 0 radical (unpaired) electrons. The standard InChI is InChI=1S/C20H12BrN3O4/c21-15-7-5-13(6-8-15)19-10-9-16(28-19)11-14(12-22)20(25)23-17-3-1-2-4-18(17)24(26)27/h1-11H,(H,23,25)/b14-11+. The lowest BCUT2D eigenvalue weighted by Gasteiger charge is -2.04. The molecule has 0 bridgehead atoms. The summed E-state index contributed by atoms with van der Waals surface area (Å²) in [6.07, 6.45) is 1.28. The molecule has 1 heterocycles. The Kier molecular flexibility index (Phi) is 5.67. The van der Waals surface area contributed by atoms with E-state index in [1.165, 1.54) is 24.3 Å². The number of carbonyl (C=O) groups excluding carboxylic acids is 1. The first-order valence-electron chi connectivity index (χ1n) is 8.00. The van der Waals surface area contributed by atoms with E-state index in [4.69, 9.17) is 4.42 Å². The number of benzene rings is 2. The molecule has 2 aromatic carbocycles. The summed E-state index contributed by atoms with van der Waals surface area (Å²) in [5.41, 5.74) is 0.345. The number of anilines is 1. The summed E-state index contributed by atoms with van der Waals surface area (Å²) in [6, 6.07) is 18.3. The third-order valence-corrected chi connectivity index (χ3v) is 4.28. The fraction of sp³-hybridized carbons (Fsp3) is 0. The molecular weight excluding hydrogens is 426 g/mol. The summed E-state index contributed by atoms with van der Waals surface area (Å²) >= 11 is 3.36. The van der Waals surface area contributed by atoms with E-state index in [1.807, 2.05) is 24.3 Å². The SMILES string of the molecule is N#C/C(=C\c1ccc(-c2ccc(Br)cc2)o1)C(=O)Nc1ccccc1[N+](=O)[O-]. The van der Waals surface area contributed by atoms with Crippen molar-refractivity contribution < 1.29 is 14.1 Å². The third-order valence-electron chi connectivity index (χ3n) is 3.76. The van der Waals surface area contributed by atoms with Gasteiger partial charge in [0, 0.05) is 22.2 Å². The third kappa shape index (κ3) is 4.34. The summed E-state index contributed by atoms with van der Waals surface area (Å²) in [5.74, 6) is 0.126. The van der Waals surface area contributed by atoms with E-state index in [2.05, 4.69) is 21.2 Å². The summed E-state index contributed by atoms with van der Waals surface area (Å²) in [5, 5.41) is 22.7. The number of amides is 1. The molecule has 0 saturated heterocycles.